The van der Waals surface area contributed by atoms with Crippen molar-refractivity contribution in [3.63, 3.8) is 0 Å². The van der Waals surface area contributed by atoms with E-state index in [1.54, 1.807) is 0 Å². The molecule has 0 radical (unpaired) electrons. The van der Waals surface area contributed by atoms with Crippen LogP contribution in [0.25, 0.3) is 5.32 Å². The summed E-state index contributed by atoms with van der Waals surface area (Å²) in [7, 11) is 4.64. The van der Waals surface area contributed by atoms with Crippen molar-refractivity contribution in [3.05, 3.63) is 5.32 Å². The van der Waals surface area contributed by atoms with E-state index in [1.807, 2.05) is 0 Å². The molecular formula is C30H64ClNOTi. The van der Waals surface area contributed by atoms with Crippen molar-refractivity contribution in [2.24, 2.45) is 0 Å². The average Bonchev–Trinajstić information content (AvgIpc) is 2.87. The summed E-state index contributed by atoms with van der Waals surface area (Å²) < 4.78 is 0. The van der Waals surface area contributed by atoms with Gasteiger partial charge in [0.05, 0.1) is 0 Å². The number of aliphatic hydroxyl groups excluding tert-OH is 1. The molecule has 0 heterocycles. The number of aliphatic hydroxyl groups is 1. The fourth-order valence-corrected chi connectivity index (χ4v) is 4.07. The van der Waals surface area contributed by atoms with Crippen LogP contribution in [0, 0.1) is 0 Å². The van der Waals surface area contributed by atoms with Gasteiger partial charge in [0.1, 0.15) is 0 Å². The summed E-state index contributed by atoms with van der Waals surface area (Å²) in [5.74, 6) is 0. The van der Waals surface area contributed by atoms with Crippen LogP contribution in [0.3, 0.4) is 0 Å². The molecule has 1 N–H and O–H groups in total. The molecule has 0 saturated carbocycles. The minimum atomic E-state index is 0.370. The van der Waals surface area contributed by atoms with E-state index in [0.717, 1.165) is 19.5 Å². The van der Waals surface area contributed by atoms with Crippen LogP contribution in [0.5, 0.6) is 0 Å². The Balaban J connectivity index is -0.000000621. The van der Waals surface area contributed by atoms with Gasteiger partial charge in [-0.1, -0.05) is 168 Å². The second kappa shape index (κ2) is 44.0. The zero-order chi connectivity index (χ0) is 25.8. The van der Waals surface area contributed by atoms with Crippen molar-refractivity contribution in [1.29, 1.82) is 0 Å². The number of unbranched alkanes of at least 4 members (excludes halogenated alkanes) is 21. The Bertz CT molecular complexity index is 269. The Morgan fingerprint density at radius 1 is 0.412 bits per heavy atom. The van der Waals surface area contributed by atoms with Gasteiger partial charge in [0.2, 0.25) is 0 Å². The maximum atomic E-state index is 8.51. The molecule has 0 aromatic heterocycles. The van der Waals surface area contributed by atoms with E-state index < -0.39 is 0 Å². The van der Waals surface area contributed by atoms with Crippen molar-refractivity contribution < 1.29 is 24.5 Å². The van der Waals surface area contributed by atoms with Gasteiger partial charge in [-0.15, -0.1) is 13.1 Å². The SMILES string of the molecule is CCCCCCCCCCO.CCCCCCCCCC[N-]CCCCCCCCCC.[Cl][Ti+]. The van der Waals surface area contributed by atoms with Crippen molar-refractivity contribution in [3.8, 4) is 0 Å². The normalized spacial score (nSPS) is 10.4. The van der Waals surface area contributed by atoms with Gasteiger partial charge in [0.25, 0.3) is 0 Å². The Kier molecular flexibility index (Phi) is 51.0. The Labute approximate surface area is 232 Å². The maximum absolute atomic E-state index is 8.51. The van der Waals surface area contributed by atoms with Crippen LogP contribution in [0.1, 0.15) is 175 Å². The summed E-state index contributed by atoms with van der Waals surface area (Å²) in [5, 5.41) is 13.2. The fourth-order valence-electron chi connectivity index (χ4n) is 4.07. The van der Waals surface area contributed by atoms with E-state index >= 15 is 0 Å². The second-order valence-corrected chi connectivity index (χ2v) is 9.82. The van der Waals surface area contributed by atoms with Gasteiger partial charge in [0.15, 0.2) is 0 Å². The third kappa shape index (κ3) is 46.3. The molecule has 0 fully saturated rings. The summed E-state index contributed by atoms with van der Waals surface area (Å²) in [6.07, 6.45) is 32.9. The van der Waals surface area contributed by atoms with Crippen LogP contribution < -0.4 is 0 Å². The summed E-state index contributed by atoms with van der Waals surface area (Å²) in [5.41, 5.74) is 0. The number of halogens is 1. The third-order valence-electron chi connectivity index (χ3n) is 6.35. The molecule has 0 bridgehead atoms. The summed E-state index contributed by atoms with van der Waals surface area (Å²) in [4.78, 5) is 0. The summed E-state index contributed by atoms with van der Waals surface area (Å²) in [6.45, 7) is 9.42. The molecular weight excluding hydrogens is 474 g/mol. The molecule has 206 valence electrons. The first-order valence-corrected chi connectivity index (χ1v) is 17.4. The van der Waals surface area contributed by atoms with Gasteiger partial charge in [-0.3, -0.25) is 0 Å². The van der Waals surface area contributed by atoms with Gasteiger partial charge < -0.3 is 10.4 Å². The van der Waals surface area contributed by atoms with Gasteiger partial charge in [-0.05, 0) is 6.42 Å². The second-order valence-electron chi connectivity index (χ2n) is 9.82. The number of rotatable bonds is 26. The van der Waals surface area contributed by atoms with Gasteiger partial charge in [0, 0.05) is 6.61 Å². The van der Waals surface area contributed by atoms with Gasteiger partial charge in [-0.2, -0.15) is 0 Å². The Morgan fingerprint density at radius 2 is 0.647 bits per heavy atom. The van der Waals surface area contributed by atoms with E-state index in [9.17, 15) is 0 Å². The first-order chi connectivity index (χ1) is 16.8. The first kappa shape index (κ1) is 39.4. The van der Waals surface area contributed by atoms with Crippen molar-refractivity contribution in [2.75, 3.05) is 19.7 Å². The molecule has 0 aliphatic rings. The minimum absolute atomic E-state index is 0.370. The molecule has 0 aliphatic carbocycles. The molecule has 0 atom stereocenters. The van der Waals surface area contributed by atoms with Crippen molar-refractivity contribution in [2.45, 2.75) is 175 Å². The van der Waals surface area contributed by atoms with Crippen LogP contribution >= 0.6 is 9.30 Å². The topological polar surface area (TPSA) is 34.3 Å². The van der Waals surface area contributed by atoms with Crippen LogP contribution in [0.15, 0.2) is 0 Å². The molecule has 0 amide bonds. The van der Waals surface area contributed by atoms with E-state index in [0.29, 0.717) is 6.61 Å². The molecule has 4 heteroatoms. The molecule has 0 aliphatic heterocycles. The standard InChI is InChI=1S/C20H42N.C10H22O.ClH.Ti/c1-3-5-7-9-11-13-15-17-19-21-20-18-16-14-12-10-8-6-4-2;1-2-3-4-5-6-7-8-9-10-11;;/h3-20H2,1-2H3;11H,2-10H2,1H3;1H;/q-1;;;+2/p-1. The first-order valence-electron chi connectivity index (χ1n) is 15.3. The quantitative estimate of drug-likeness (QED) is 0.0863. The molecule has 0 aromatic rings. The van der Waals surface area contributed by atoms with Crippen LogP contribution in [-0.2, 0) is 19.4 Å². The van der Waals surface area contributed by atoms with E-state index in [2.05, 4.69) is 35.4 Å². The third-order valence-corrected chi connectivity index (χ3v) is 6.35. The zero-order valence-corrected chi connectivity index (χ0v) is 26.2. The van der Waals surface area contributed by atoms with E-state index in [4.69, 9.17) is 5.11 Å². The van der Waals surface area contributed by atoms with Gasteiger partial charge >= 0.3 is 28.7 Å². The number of hydrogen-bond acceptors (Lipinski definition) is 1. The summed E-state index contributed by atoms with van der Waals surface area (Å²) >= 11 is 1.47. The predicted octanol–water partition coefficient (Wildman–Crippen LogP) is 11.4. The van der Waals surface area contributed by atoms with Crippen LogP contribution in [0.4, 0.5) is 0 Å². The Hall–Kier alpha value is 0.924. The molecule has 0 rings (SSSR count). The number of nitrogens with zero attached hydrogens (tertiary/aromatic N) is 1. The monoisotopic (exact) mass is 537 g/mol. The van der Waals surface area contributed by atoms with Crippen molar-refractivity contribution >= 4 is 9.30 Å². The molecule has 0 unspecified atom stereocenters. The van der Waals surface area contributed by atoms with Gasteiger partial charge in [-0.25, -0.2) is 0 Å². The molecule has 0 aromatic carbocycles. The molecule has 0 spiro atoms. The van der Waals surface area contributed by atoms with E-state index in [-0.39, 0.29) is 0 Å². The summed E-state index contributed by atoms with van der Waals surface area (Å²) in [6, 6.07) is 0. The zero-order valence-electron chi connectivity index (χ0n) is 23.9. The van der Waals surface area contributed by atoms with Crippen LogP contribution in [-0.4, -0.2) is 24.8 Å². The molecule has 34 heavy (non-hydrogen) atoms. The Morgan fingerprint density at radius 3 is 0.912 bits per heavy atom. The fraction of sp³-hybridized carbons (Fsp3) is 1.00. The molecule has 2 nitrogen and oxygen atoms in total. The number of hydrogen-bond donors (Lipinski definition) is 1. The molecule has 0 saturated heterocycles. The van der Waals surface area contributed by atoms with Crippen LogP contribution in [0.2, 0.25) is 0 Å². The van der Waals surface area contributed by atoms with Crippen molar-refractivity contribution in [1.82, 2.24) is 0 Å². The average molecular weight is 538 g/mol. The van der Waals surface area contributed by atoms with E-state index in [1.165, 1.54) is 167 Å². The predicted molar refractivity (Wildman–Crippen MR) is 154 cm³/mol.